The zero-order chi connectivity index (χ0) is 15.4. The van der Waals surface area contributed by atoms with Gasteiger partial charge in [0.1, 0.15) is 24.0 Å². The van der Waals surface area contributed by atoms with E-state index in [0.717, 1.165) is 16.5 Å². The smallest absolute Gasteiger partial charge is 0.246 e. The van der Waals surface area contributed by atoms with Gasteiger partial charge in [0.25, 0.3) is 0 Å². The molecule has 0 saturated heterocycles. The van der Waals surface area contributed by atoms with E-state index < -0.39 is 0 Å². The third kappa shape index (κ3) is 3.02. The third-order valence-electron chi connectivity index (χ3n) is 3.44. The molecular weight excluding hydrogens is 278 g/mol. The first-order valence-corrected chi connectivity index (χ1v) is 7.09. The van der Waals surface area contributed by atoms with Crippen molar-refractivity contribution in [2.45, 2.75) is 6.04 Å². The number of ether oxygens (including phenoxy) is 1. The number of nitrogens with one attached hydrogen (secondary N) is 1. The Morgan fingerprint density at radius 2 is 1.86 bits per heavy atom. The number of hydrogen-bond acceptors (Lipinski definition) is 3. The molecule has 1 atom stereocenters. The van der Waals surface area contributed by atoms with Crippen LogP contribution in [0.15, 0.2) is 65.1 Å². The molecule has 4 nitrogen and oxygen atoms in total. The number of benzene rings is 2. The molecule has 112 valence electrons. The highest BCUT2D eigenvalue weighted by molar-refractivity contribution is 5.80. The van der Waals surface area contributed by atoms with Crippen LogP contribution in [-0.2, 0) is 9.53 Å². The van der Waals surface area contributed by atoms with Crippen LogP contribution in [0.25, 0.3) is 11.0 Å². The van der Waals surface area contributed by atoms with E-state index in [2.05, 4.69) is 5.32 Å². The van der Waals surface area contributed by atoms with E-state index in [4.69, 9.17) is 9.15 Å². The first kappa shape index (κ1) is 14.4. The molecule has 0 aliphatic carbocycles. The van der Waals surface area contributed by atoms with Gasteiger partial charge in [0, 0.05) is 12.5 Å². The molecule has 2 aromatic carbocycles. The van der Waals surface area contributed by atoms with Crippen molar-refractivity contribution in [3.8, 4) is 0 Å². The van der Waals surface area contributed by atoms with E-state index in [9.17, 15) is 4.79 Å². The maximum Gasteiger partial charge on any atom is 0.246 e. The quantitative estimate of drug-likeness (QED) is 0.786. The summed E-state index contributed by atoms with van der Waals surface area (Å²) in [5.74, 6) is 0.522. The van der Waals surface area contributed by atoms with Gasteiger partial charge in [-0.2, -0.15) is 0 Å². The van der Waals surface area contributed by atoms with Gasteiger partial charge in [0.2, 0.25) is 5.91 Å². The average molecular weight is 295 g/mol. The van der Waals surface area contributed by atoms with Crippen LogP contribution in [0, 0.1) is 0 Å². The predicted octanol–water partition coefficient (Wildman–Crippen LogP) is 3.28. The lowest BCUT2D eigenvalue weighted by Crippen LogP contribution is -2.31. The molecular formula is C18H17NO3. The van der Waals surface area contributed by atoms with Gasteiger partial charge < -0.3 is 14.5 Å². The Morgan fingerprint density at radius 3 is 2.59 bits per heavy atom. The number of para-hydroxylation sites is 1. The summed E-state index contributed by atoms with van der Waals surface area (Å²) in [6.07, 6.45) is 0. The minimum atomic E-state index is -0.337. The Labute approximate surface area is 128 Å². The van der Waals surface area contributed by atoms with Crippen molar-refractivity contribution in [3.63, 3.8) is 0 Å². The molecule has 0 radical (unpaired) electrons. The molecule has 22 heavy (non-hydrogen) atoms. The van der Waals surface area contributed by atoms with Crippen molar-refractivity contribution < 1.29 is 13.9 Å². The highest BCUT2D eigenvalue weighted by Crippen LogP contribution is 2.28. The van der Waals surface area contributed by atoms with E-state index >= 15 is 0 Å². The van der Waals surface area contributed by atoms with Gasteiger partial charge >= 0.3 is 0 Å². The number of rotatable bonds is 5. The summed E-state index contributed by atoms with van der Waals surface area (Å²) in [7, 11) is 1.50. The molecule has 0 aliphatic heterocycles. The number of amides is 1. The number of carbonyl (C=O) groups excluding carboxylic acids is 1. The standard InChI is InChI=1S/C18H17NO3/c1-21-12-17(20)19-18(13-7-3-2-4-8-13)16-11-14-9-5-6-10-15(14)22-16/h2-11,18H,12H2,1H3,(H,19,20)/t18-/m0/s1. The summed E-state index contributed by atoms with van der Waals surface area (Å²) in [5, 5.41) is 3.97. The van der Waals surface area contributed by atoms with Crippen molar-refractivity contribution in [3.05, 3.63) is 72.0 Å². The van der Waals surface area contributed by atoms with Crippen molar-refractivity contribution in [1.82, 2.24) is 5.32 Å². The monoisotopic (exact) mass is 295 g/mol. The van der Waals surface area contributed by atoms with Crippen LogP contribution in [0.2, 0.25) is 0 Å². The van der Waals surface area contributed by atoms with Gasteiger partial charge in [0.15, 0.2) is 0 Å². The first-order chi connectivity index (χ1) is 10.8. The van der Waals surface area contributed by atoms with E-state index in [1.54, 1.807) is 0 Å². The van der Waals surface area contributed by atoms with E-state index in [0.29, 0.717) is 5.76 Å². The van der Waals surface area contributed by atoms with Gasteiger partial charge in [0.05, 0.1) is 0 Å². The predicted molar refractivity (Wildman–Crippen MR) is 84.5 cm³/mol. The molecule has 3 aromatic rings. The van der Waals surface area contributed by atoms with Crippen LogP contribution in [0.1, 0.15) is 17.4 Å². The molecule has 3 rings (SSSR count). The lowest BCUT2D eigenvalue weighted by molar-refractivity contribution is -0.125. The van der Waals surface area contributed by atoms with Gasteiger partial charge in [-0.15, -0.1) is 0 Å². The summed E-state index contributed by atoms with van der Waals surface area (Å²) < 4.78 is 10.8. The minimum absolute atomic E-state index is 0.0174. The Bertz CT molecular complexity index is 731. The first-order valence-electron chi connectivity index (χ1n) is 7.09. The van der Waals surface area contributed by atoms with Crippen LogP contribution in [0.4, 0.5) is 0 Å². The van der Waals surface area contributed by atoms with Crippen LogP contribution < -0.4 is 5.32 Å². The molecule has 4 heteroatoms. The van der Waals surface area contributed by atoms with E-state index in [1.807, 2.05) is 60.7 Å². The van der Waals surface area contributed by atoms with E-state index in [1.165, 1.54) is 7.11 Å². The number of hydrogen-bond donors (Lipinski definition) is 1. The van der Waals surface area contributed by atoms with Crippen LogP contribution >= 0.6 is 0 Å². The lowest BCUT2D eigenvalue weighted by Gasteiger charge is -2.16. The fourth-order valence-electron chi connectivity index (χ4n) is 2.44. The average Bonchev–Trinajstić information content (AvgIpc) is 2.97. The van der Waals surface area contributed by atoms with Gasteiger partial charge in [-0.1, -0.05) is 48.5 Å². The largest absolute Gasteiger partial charge is 0.459 e. The van der Waals surface area contributed by atoms with Crippen LogP contribution in [-0.4, -0.2) is 19.6 Å². The summed E-state index contributed by atoms with van der Waals surface area (Å²) in [6, 6.07) is 19.2. The Kier molecular flexibility index (Phi) is 4.21. The summed E-state index contributed by atoms with van der Waals surface area (Å²) in [6.45, 7) is 0.0174. The third-order valence-corrected chi connectivity index (χ3v) is 3.44. The molecule has 0 saturated carbocycles. The summed E-state index contributed by atoms with van der Waals surface area (Å²) in [5.41, 5.74) is 1.77. The van der Waals surface area contributed by atoms with Crippen LogP contribution in [0.5, 0.6) is 0 Å². The molecule has 0 bridgehead atoms. The van der Waals surface area contributed by atoms with E-state index in [-0.39, 0.29) is 18.6 Å². The fourth-order valence-corrected chi connectivity index (χ4v) is 2.44. The Morgan fingerprint density at radius 1 is 1.14 bits per heavy atom. The molecule has 1 heterocycles. The van der Waals surface area contributed by atoms with Crippen molar-refractivity contribution >= 4 is 16.9 Å². The number of carbonyl (C=O) groups is 1. The normalized spacial score (nSPS) is 12.2. The summed E-state index contributed by atoms with van der Waals surface area (Å²) >= 11 is 0. The summed E-state index contributed by atoms with van der Waals surface area (Å²) in [4.78, 5) is 11.9. The SMILES string of the molecule is COCC(=O)N[C@@H](c1ccccc1)c1cc2ccccc2o1. The topological polar surface area (TPSA) is 51.5 Å². The number of methoxy groups -OCH3 is 1. The zero-order valence-corrected chi connectivity index (χ0v) is 12.3. The second kappa shape index (κ2) is 6.45. The van der Waals surface area contributed by atoms with Gasteiger partial charge in [-0.25, -0.2) is 0 Å². The second-order valence-corrected chi connectivity index (χ2v) is 5.03. The maximum atomic E-state index is 11.9. The van der Waals surface area contributed by atoms with Gasteiger partial charge in [-0.05, 0) is 17.7 Å². The number of furan rings is 1. The lowest BCUT2D eigenvalue weighted by atomic mass is 10.0. The zero-order valence-electron chi connectivity index (χ0n) is 12.3. The highest BCUT2D eigenvalue weighted by Gasteiger charge is 2.20. The Balaban J connectivity index is 1.98. The molecule has 0 fully saturated rings. The molecule has 1 aromatic heterocycles. The number of fused-ring (bicyclic) bond motifs is 1. The fraction of sp³-hybridized carbons (Fsp3) is 0.167. The molecule has 0 spiro atoms. The molecule has 1 amide bonds. The van der Waals surface area contributed by atoms with Crippen molar-refractivity contribution in [1.29, 1.82) is 0 Å². The molecule has 1 N–H and O–H groups in total. The van der Waals surface area contributed by atoms with Crippen molar-refractivity contribution in [2.75, 3.05) is 13.7 Å². The maximum absolute atomic E-state index is 11.9. The second-order valence-electron chi connectivity index (χ2n) is 5.03. The molecule has 0 unspecified atom stereocenters. The van der Waals surface area contributed by atoms with Gasteiger partial charge in [-0.3, -0.25) is 4.79 Å². The van der Waals surface area contributed by atoms with Crippen LogP contribution in [0.3, 0.4) is 0 Å². The molecule has 0 aliphatic rings. The highest BCUT2D eigenvalue weighted by atomic mass is 16.5. The minimum Gasteiger partial charge on any atom is -0.459 e. The Hall–Kier alpha value is -2.59. The van der Waals surface area contributed by atoms with Crippen molar-refractivity contribution in [2.24, 2.45) is 0 Å².